The maximum absolute atomic E-state index is 12.1. The molecule has 1 heterocycles. The van der Waals surface area contributed by atoms with Crippen LogP contribution in [0.3, 0.4) is 0 Å². The molecule has 0 saturated carbocycles. The summed E-state index contributed by atoms with van der Waals surface area (Å²) in [5, 5.41) is 0. The van der Waals surface area contributed by atoms with Crippen LogP contribution in [0.2, 0.25) is 0 Å². The van der Waals surface area contributed by atoms with Crippen LogP contribution in [-0.4, -0.2) is 9.36 Å². The highest BCUT2D eigenvalue weighted by molar-refractivity contribution is 5.41. The molecule has 0 aromatic carbocycles. The SMILES string of the molecule is CCCn1c(CC)c(N)c(=O)n1C(C)CC. The van der Waals surface area contributed by atoms with Crippen LogP contribution in [-0.2, 0) is 13.0 Å². The monoisotopic (exact) mass is 225 g/mol. The minimum atomic E-state index is -0.0281. The van der Waals surface area contributed by atoms with E-state index in [1.807, 2.05) is 11.6 Å². The summed E-state index contributed by atoms with van der Waals surface area (Å²) in [6.45, 7) is 9.16. The lowest BCUT2D eigenvalue weighted by Crippen LogP contribution is -2.27. The van der Waals surface area contributed by atoms with Gasteiger partial charge in [-0.1, -0.05) is 20.8 Å². The minimum Gasteiger partial charge on any atom is -0.393 e. The molecule has 92 valence electrons. The van der Waals surface area contributed by atoms with E-state index < -0.39 is 0 Å². The van der Waals surface area contributed by atoms with Gasteiger partial charge in [0.25, 0.3) is 5.56 Å². The number of nitrogens with two attached hydrogens (primary N) is 1. The summed E-state index contributed by atoms with van der Waals surface area (Å²) in [7, 11) is 0. The third-order valence-electron chi connectivity index (χ3n) is 3.10. The maximum Gasteiger partial charge on any atom is 0.290 e. The van der Waals surface area contributed by atoms with E-state index in [0.29, 0.717) is 5.69 Å². The van der Waals surface area contributed by atoms with Gasteiger partial charge >= 0.3 is 0 Å². The van der Waals surface area contributed by atoms with E-state index in [4.69, 9.17) is 5.73 Å². The molecule has 1 atom stereocenters. The van der Waals surface area contributed by atoms with E-state index in [0.717, 1.165) is 31.5 Å². The molecule has 0 bridgehead atoms. The molecule has 2 N–H and O–H groups in total. The van der Waals surface area contributed by atoms with Gasteiger partial charge in [-0.25, -0.2) is 4.68 Å². The van der Waals surface area contributed by atoms with Crippen molar-refractivity contribution < 1.29 is 0 Å². The molecule has 4 heteroatoms. The van der Waals surface area contributed by atoms with Gasteiger partial charge in [0, 0.05) is 6.54 Å². The highest BCUT2D eigenvalue weighted by Crippen LogP contribution is 2.16. The van der Waals surface area contributed by atoms with Crippen LogP contribution < -0.4 is 11.3 Å². The fourth-order valence-corrected chi connectivity index (χ4v) is 2.06. The predicted molar refractivity (Wildman–Crippen MR) is 67.8 cm³/mol. The lowest BCUT2D eigenvalue weighted by Gasteiger charge is -2.18. The number of nitrogens with zero attached hydrogens (tertiary/aromatic N) is 2. The first-order valence-electron chi connectivity index (χ1n) is 6.17. The van der Waals surface area contributed by atoms with Crippen LogP contribution in [0.4, 0.5) is 5.69 Å². The van der Waals surface area contributed by atoms with Crippen molar-refractivity contribution in [2.24, 2.45) is 0 Å². The van der Waals surface area contributed by atoms with Crippen molar-refractivity contribution in [3.8, 4) is 0 Å². The first-order valence-corrected chi connectivity index (χ1v) is 6.17. The standard InChI is InChI=1S/C12H23N3O/c1-5-8-14-10(7-3)11(13)12(16)15(14)9(4)6-2/h9H,5-8,13H2,1-4H3. The van der Waals surface area contributed by atoms with E-state index in [-0.39, 0.29) is 11.6 Å². The third kappa shape index (κ3) is 2.01. The fourth-order valence-electron chi connectivity index (χ4n) is 2.06. The molecular weight excluding hydrogens is 202 g/mol. The normalized spacial score (nSPS) is 13.0. The van der Waals surface area contributed by atoms with Crippen LogP contribution in [0, 0.1) is 0 Å². The highest BCUT2D eigenvalue weighted by atomic mass is 16.1. The Morgan fingerprint density at radius 3 is 2.38 bits per heavy atom. The summed E-state index contributed by atoms with van der Waals surface area (Å²) < 4.78 is 3.88. The molecular formula is C12H23N3O. The molecule has 0 aliphatic carbocycles. The molecule has 1 aromatic rings. The van der Waals surface area contributed by atoms with E-state index in [2.05, 4.69) is 25.5 Å². The zero-order valence-corrected chi connectivity index (χ0v) is 10.8. The zero-order chi connectivity index (χ0) is 12.3. The summed E-state index contributed by atoms with van der Waals surface area (Å²) in [4.78, 5) is 12.1. The fraction of sp³-hybridized carbons (Fsp3) is 0.750. The maximum atomic E-state index is 12.1. The van der Waals surface area contributed by atoms with Crippen molar-refractivity contribution in [1.82, 2.24) is 9.36 Å². The van der Waals surface area contributed by atoms with Crippen molar-refractivity contribution in [2.75, 3.05) is 5.73 Å². The lowest BCUT2D eigenvalue weighted by molar-refractivity contribution is 0.362. The van der Waals surface area contributed by atoms with Gasteiger partial charge in [0.05, 0.1) is 11.7 Å². The molecule has 1 aromatic heterocycles. The van der Waals surface area contributed by atoms with Crippen molar-refractivity contribution in [1.29, 1.82) is 0 Å². The molecule has 0 amide bonds. The summed E-state index contributed by atoms with van der Waals surface area (Å²) in [6, 6.07) is 0.210. The van der Waals surface area contributed by atoms with Crippen LogP contribution in [0.15, 0.2) is 4.79 Å². The average molecular weight is 225 g/mol. The minimum absolute atomic E-state index is 0.0281. The Balaban J connectivity index is 3.39. The molecule has 4 nitrogen and oxygen atoms in total. The second kappa shape index (κ2) is 5.23. The zero-order valence-electron chi connectivity index (χ0n) is 10.8. The largest absolute Gasteiger partial charge is 0.393 e. The smallest absolute Gasteiger partial charge is 0.290 e. The molecule has 0 aliphatic heterocycles. The topological polar surface area (TPSA) is 52.9 Å². The Bertz CT molecular complexity index is 403. The van der Waals surface area contributed by atoms with Crippen molar-refractivity contribution in [3.63, 3.8) is 0 Å². The molecule has 0 spiro atoms. The van der Waals surface area contributed by atoms with E-state index in [1.54, 1.807) is 0 Å². The van der Waals surface area contributed by atoms with Crippen LogP contribution in [0.25, 0.3) is 0 Å². The number of nitrogen functional groups attached to an aromatic ring is 1. The number of hydrogen-bond acceptors (Lipinski definition) is 2. The molecule has 0 radical (unpaired) electrons. The first-order chi connectivity index (χ1) is 7.58. The van der Waals surface area contributed by atoms with E-state index in [9.17, 15) is 4.79 Å². The predicted octanol–water partition coefficient (Wildman–Crippen LogP) is 2.18. The summed E-state index contributed by atoms with van der Waals surface area (Å²) >= 11 is 0. The number of aromatic nitrogens is 2. The van der Waals surface area contributed by atoms with Crippen molar-refractivity contribution in [3.05, 3.63) is 16.0 Å². The van der Waals surface area contributed by atoms with Gasteiger partial charge in [0.15, 0.2) is 0 Å². The number of rotatable bonds is 5. The van der Waals surface area contributed by atoms with Gasteiger partial charge in [0.1, 0.15) is 5.69 Å². The second-order valence-electron chi connectivity index (χ2n) is 4.24. The Labute approximate surface area is 97.0 Å². The van der Waals surface area contributed by atoms with Gasteiger partial charge in [-0.3, -0.25) is 9.48 Å². The molecule has 0 aliphatic rings. The van der Waals surface area contributed by atoms with Crippen LogP contribution in [0.1, 0.15) is 52.3 Å². The number of hydrogen-bond donors (Lipinski definition) is 1. The lowest BCUT2D eigenvalue weighted by atomic mass is 10.3. The van der Waals surface area contributed by atoms with Crippen LogP contribution in [0.5, 0.6) is 0 Å². The summed E-state index contributed by atoms with van der Waals surface area (Å²) in [6.07, 6.45) is 2.76. The number of anilines is 1. The van der Waals surface area contributed by atoms with Gasteiger partial charge in [-0.2, -0.15) is 0 Å². The second-order valence-corrected chi connectivity index (χ2v) is 4.24. The van der Waals surface area contributed by atoms with E-state index in [1.165, 1.54) is 0 Å². The molecule has 16 heavy (non-hydrogen) atoms. The average Bonchev–Trinajstić information content (AvgIpc) is 2.51. The van der Waals surface area contributed by atoms with Crippen molar-refractivity contribution in [2.45, 2.75) is 59.5 Å². The Morgan fingerprint density at radius 1 is 1.31 bits per heavy atom. The Kier molecular flexibility index (Phi) is 4.21. The first kappa shape index (κ1) is 12.9. The Hall–Kier alpha value is -1.19. The molecule has 1 unspecified atom stereocenters. The third-order valence-corrected chi connectivity index (χ3v) is 3.10. The summed E-state index contributed by atoms with van der Waals surface area (Å²) in [5.74, 6) is 0. The summed E-state index contributed by atoms with van der Waals surface area (Å²) in [5.41, 5.74) is 7.26. The molecule has 0 fully saturated rings. The van der Waals surface area contributed by atoms with Crippen LogP contribution >= 0.6 is 0 Å². The van der Waals surface area contributed by atoms with Gasteiger partial charge in [-0.15, -0.1) is 0 Å². The molecule has 0 saturated heterocycles. The van der Waals surface area contributed by atoms with Gasteiger partial charge in [-0.05, 0) is 26.2 Å². The van der Waals surface area contributed by atoms with Gasteiger partial charge in [0.2, 0.25) is 0 Å². The van der Waals surface area contributed by atoms with Crippen molar-refractivity contribution >= 4 is 5.69 Å². The molecule has 1 rings (SSSR count). The quantitative estimate of drug-likeness (QED) is 0.835. The Morgan fingerprint density at radius 2 is 1.94 bits per heavy atom. The van der Waals surface area contributed by atoms with E-state index >= 15 is 0 Å². The highest BCUT2D eigenvalue weighted by Gasteiger charge is 2.18. The van der Waals surface area contributed by atoms with Gasteiger partial charge < -0.3 is 5.73 Å².